The van der Waals surface area contributed by atoms with E-state index in [0.717, 1.165) is 0 Å². The Bertz CT molecular complexity index is 732. The molecule has 0 saturated heterocycles. The Labute approximate surface area is 165 Å². The van der Waals surface area contributed by atoms with Crippen LogP contribution in [0.3, 0.4) is 0 Å². The number of ether oxygens (including phenoxy) is 4. The van der Waals surface area contributed by atoms with Crippen LogP contribution in [0, 0.1) is 0 Å². The van der Waals surface area contributed by atoms with Gasteiger partial charge >= 0.3 is 12.1 Å². The molecule has 0 radical (unpaired) electrons. The first-order chi connectivity index (χ1) is 12.9. The lowest BCUT2D eigenvalue weighted by Gasteiger charge is -2.21. The Balaban J connectivity index is 3.33. The van der Waals surface area contributed by atoms with Crippen LogP contribution in [0.25, 0.3) is 6.08 Å². The van der Waals surface area contributed by atoms with Gasteiger partial charge in [0.1, 0.15) is 16.9 Å². The van der Waals surface area contributed by atoms with Gasteiger partial charge in [-0.15, -0.1) is 0 Å². The maximum absolute atomic E-state index is 12.5. The lowest BCUT2D eigenvalue weighted by Crippen LogP contribution is -2.28. The van der Waals surface area contributed by atoms with Gasteiger partial charge < -0.3 is 18.9 Å². The number of esters is 1. The van der Waals surface area contributed by atoms with Crippen LogP contribution in [0.4, 0.5) is 10.6 Å². The summed E-state index contributed by atoms with van der Waals surface area (Å²) in [7, 11) is 1.35. The first-order valence-electron chi connectivity index (χ1n) is 8.84. The van der Waals surface area contributed by atoms with Gasteiger partial charge in [0.15, 0.2) is 11.5 Å². The Morgan fingerprint density at radius 2 is 1.64 bits per heavy atom. The van der Waals surface area contributed by atoms with Gasteiger partial charge in [-0.2, -0.15) is 0 Å². The van der Waals surface area contributed by atoms with E-state index in [-0.39, 0.29) is 23.1 Å². The van der Waals surface area contributed by atoms with Crippen molar-refractivity contribution in [1.82, 2.24) is 9.97 Å². The maximum Gasteiger partial charge on any atom is 0.413 e. The molecule has 1 aromatic heterocycles. The minimum Gasteiger partial charge on any atom is -0.501 e. The molecule has 0 bridgehead atoms. The summed E-state index contributed by atoms with van der Waals surface area (Å²) >= 11 is 0. The number of carbonyl (C=O) groups excluding carboxylic acids is 2. The normalized spacial score (nSPS) is 11.9. The van der Waals surface area contributed by atoms with Crippen LogP contribution in [0.15, 0.2) is 6.26 Å². The molecule has 28 heavy (non-hydrogen) atoms. The molecule has 0 fully saturated rings. The number of nitrogens with one attached hydrogen (secondary N) is 1. The number of carbonyl (C=O) groups is 2. The van der Waals surface area contributed by atoms with E-state index in [1.165, 1.54) is 19.4 Å². The largest absolute Gasteiger partial charge is 0.501 e. The zero-order valence-electron chi connectivity index (χ0n) is 17.7. The highest BCUT2D eigenvalue weighted by Crippen LogP contribution is 2.24. The van der Waals surface area contributed by atoms with Crippen molar-refractivity contribution in [1.29, 1.82) is 0 Å². The third-order valence-corrected chi connectivity index (χ3v) is 2.78. The highest BCUT2D eigenvalue weighted by molar-refractivity contribution is 5.92. The molecule has 156 valence electrons. The summed E-state index contributed by atoms with van der Waals surface area (Å²) in [4.78, 5) is 33.1. The van der Waals surface area contributed by atoms with Gasteiger partial charge in [-0.3, -0.25) is 5.32 Å². The van der Waals surface area contributed by atoms with Gasteiger partial charge in [-0.1, -0.05) is 0 Å². The second-order valence-corrected chi connectivity index (χ2v) is 7.70. The van der Waals surface area contributed by atoms with Gasteiger partial charge in [-0.25, -0.2) is 19.6 Å². The highest BCUT2D eigenvalue weighted by Gasteiger charge is 2.26. The van der Waals surface area contributed by atoms with E-state index >= 15 is 0 Å². The summed E-state index contributed by atoms with van der Waals surface area (Å²) in [5.41, 5.74) is -1.34. The second-order valence-electron chi connectivity index (χ2n) is 7.70. The number of nitrogens with zero attached hydrogens (tertiary/aromatic N) is 2. The molecule has 9 heteroatoms. The molecule has 0 unspecified atom stereocenters. The number of amides is 1. The summed E-state index contributed by atoms with van der Waals surface area (Å²) in [5, 5.41) is 2.48. The van der Waals surface area contributed by atoms with Gasteiger partial charge in [-0.05, 0) is 48.5 Å². The minimum absolute atomic E-state index is 0.000192. The molecule has 1 rings (SSSR count). The lowest BCUT2D eigenvalue weighted by atomic mass is 10.2. The zero-order chi connectivity index (χ0) is 21.5. The summed E-state index contributed by atoms with van der Waals surface area (Å²) in [6.07, 6.45) is 2.10. The van der Waals surface area contributed by atoms with Crippen LogP contribution in [-0.2, 0) is 14.2 Å². The average Bonchev–Trinajstić information content (AvgIpc) is 2.51. The fourth-order valence-electron chi connectivity index (χ4n) is 1.86. The third-order valence-electron chi connectivity index (χ3n) is 2.78. The molecule has 0 saturated carbocycles. The number of anilines is 1. The molecular weight excluding hydrogens is 366 g/mol. The zero-order valence-corrected chi connectivity index (χ0v) is 17.7. The minimum atomic E-state index is -0.732. The number of hydrogen-bond donors (Lipinski definition) is 1. The number of rotatable bonds is 6. The van der Waals surface area contributed by atoms with Crippen LogP contribution in [0.2, 0.25) is 0 Å². The molecule has 1 heterocycles. The van der Waals surface area contributed by atoms with E-state index in [9.17, 15) is 9.59 Å². The maximum atomic E-state index is 12.5. The number of hydrogen-bond acceptors (Lipinski definition) is 8. The van der Waals surface area contributed by atoms with E-state index in [1.807, 2.05) is 6.92 Å². The molecule has 1 aromatic rings. The molecular formula is C19H29N3O6. The Morgan fingerprint density at radius 1 is 1.04 bits per heavy atom. The van der Waals surface area contributed by atoms with Crippen LogP contribution in [-0.4, -0.2) is 46.9 Å². The van der Waals surface area contributed by atoms with Crippen molar-refractivity contribution < 1.29 is 28.5 Å². The lowest BCUT2D eigenvalue weighted by molar-refractivity contribution is 0.00611. The van der Waals surface area contributed by atoms with Gasteiger partial charge in [0.25, 0.3) is 5.88 Å². The van der Waals surface area contributed by atoms with Crippen molar-refractivity contribution in [2.24, 2.45) is 0 Å². The van der Waals surface area contributed by atoms with E-state index in [1.54, 1.807) is 41.5 Å². The third kappa shape index (κ3) is 7.81. The molecule has 0 aliphatic carbocycles. The van der Waals surface area contributed by atoms with E-state index in [0.29, 0.717) is 6.61 Å². The van der Waals surface area contributed by atoms with Crippen LogP contribution < -0.4 is 10.1 Å². The van der Waals surface area contributed by atoms with Crippen molar-refractivity contribution in [2.75, 3.05) is 19.0 Å². The van der Waals surface area contributed by atoms with Gasteiger partial charge in [0.2, 0.25) is 0 Å². The van der Waals surface area contributed by atoms with E-state index in [4.69, 9.17) is 18.9 Å². The molecule has 1 amide bonds. The topological polar surface area (TPSA) is 109 Å². The van der Waals surface area contributed by atoms with Crippen LogP contribution in [0.1, 0.15) is 64.6 Å². The first-order valence-corrected chi connectivity index (χ1v) is 8.84. The summed E-state index contributed by atoms with van der Waals surface area (Å²) < 4.78 is 20.9. The van der Waals surface area contributed by atoms with Crippen molar-refractivity contribution in [3.8, 4) is 5.88 Å². The van der Waals surface area contributed by atoms with Crippen LogP contribution in [0.5, 0.6) is 5.88 Å². The molecule has 0 spiro atoms. The monoisotopic (exact) mass is 395 g/mol. The average molecular weight is 395 g/mol. The Morgan fingerprint density at radius 3 is 2.14 bits per heavy atom. The smallest absolute Gasteiger partial charge is 0.413 e. The molecule has 1 N–H and O–H groups in total. The Kier molecular flexibility index (Phi) is 7.78. The van der Waals surface area contributed by atoms with Crippen LogP contribution >= 0.6 is 0 Å². The molecule has 0 atom stereocenters. The fourth-order valence-corrected chi connectivity index (χ4v) is 1.86. The number of methoxy groups -OCH3 is 1. The quantitative estimate of drug-likeness (QED) is 0.572. The molecule has 0 aromatic carbocycles. The predicted molar refractivity (Wildman–Crippen MR) is 104 cm³/mol. The van der Waals surface area contributed by atoms with Crippen molar-refractivity contribution in [3.05, 3.63) is 17.6 Å². The van der Waals surface area contributed by atoms with Gasteiger partial charge in [0.05, 0.1) is 20.0 Å². The fraction of sp³-hybridized carbons (Fsp3) is 0.579. The van der Waals surface area contributed by atoms with Crippen molar-refractivity contribution >= 4 is 24.0 Å². The summed E-state index contributed by atoms with van der Waals surface area (Å²) in [6.45, 7) is 12.7. The van der Waals surface area contributed by atoms with Crippen molar-refractivity contribution in [3.63, 3.8) is 0 Å². The molecule has 9 nitrogen and oxygen atoms in total. The molecule has 0 aliphatic rings. The second kappa shape index (κ2) is 9.38. The standard InChI is InChI=1S/C19H29N3O6/c1-9-26-11-10-12-13(16(23)27-18(2,3)4)21-15(25-8)14(20-12)22-17(24)28-19(5,6)7/h10-11H,9H2,1-8H3,(H,20,22,24)/b11-10+. The van der Waals surface area contributed by atoms with Crippen molar-refractivity contribution in [2.45, 2.75) is 59.7 Å². The highest BCUT2D eigenvalue weighted by atomic mass is 16.6. The summed E-state index contributed by atoms with van der Waals surface area (Å²) in [6, 6.07) is 0. The Hall–Kier alpha value is -2.84. The van der Waals surface area contributed by atoms with Gasteiger partial charge in [0, 0.05) is 6.08 Å². The van der Waals surface area contributed by atoms with E-state index in [2.05, 4.69) is 15.3 Å². The molecule has 0 aliphatic heterocycles. The summed E-state index contributed by atoms with van der Waals surface area (Å²) in [5.74, 6) is -0.737. The first kappa shape index (κ1) is 23.2. The SMILES string of the molecule is CCO/C=C/c1nc(NC(=O)OC(C)(C)C)c(OC)nc1C(=O)OC(C)(C)C. The van der Waals surface area contributed by atoms with E-state index < -0.39 is 23.3 Å². The predicted octanol–water partition coefficient (Wildman–Crippen LogP) is 3.79. The number of aromatic nitrogens is 2.